The average Bonchev–Trinajstić information content (AvgIpc) is 3.12. The molecule has 3 aromatic rings. The zero-order chi connectivity index (χ0) is 18.0. The number of aromatic amines is 1. The predicted octanol–water partition coefficient (Wildman–Crippen LogP) is 3.82. The van der Waals surface area contributed by atoms with Gasteiger partial charge in [0.05, 0.1) is 11.9 Å². The molecule has 0 fully saturated rings. The Labute approximate surface area is 149 Å². The molecule has 0 aliphatic heterocycles. The molecule has 0 saturated carbocycles. The van der Waals surface area contributed by atoms with E-state index in [1.807, 2.05) is 6.92 Å². The van der Waals surface area contributed by atoms with Crippen LogP contribution in [0.1, 0.15) is 17.2 Å². The molecule has 1 atom stereocenters. The third kappa shape index (κ3) is 3.70. The summed E-state index contributed by atoms with van der Waals surface area (Å²) in [4.78, 5) is 12.3. The number of benzene rings is 2. The van der Waals surface area contributed by atoms with Crippen molar-refractivity contribution in [2.45, 2.75) is 13.0 Å². The van der Waals surface area contributed by atoms with Crippen molar-refractivity contribution in [2.24, 2.45) is 5.73 Å². The summed E-state index contributed by atoms with van der Waals surface area (Å²) in [6.45, 7) is 1.83. The maximum Gasteiger partial charge on any atom is 0.245 e. The standard InChI is InChI=1S/C18H16ClFN4O/c1-10-6-16(15(20)7-14(10)12-8-22-23-9-12)24-18(25)17(21)11-2-4-13(19)5-3-11/h2-9,17H,21H2,1H3,(H,22,23)(H,24,25). The fourth-order valence-corrected chi connectivity index (χ4v) is 2.64. The molecule has 0 aliphatic carbocycles. The number of nitrogens with zero attached hydrogens (tertiary/aromatic N) is 1. The molecule has 0 bridgehead atoms. The summed E-state index contributed by atoms with van der Waals surface area (Å²) < 4.78 is 14.4. The van der Waals surface area contributed by atoms with E-state index < -0.39 is 17.8 Å². The first-order valence-corrected chi connectivity index (χ1v) is 7.94. The minimum atomic E-state index is -0.925. The Morgan fingerprint density at radius 2 is 2.04 bits per heavy atom. The van der Waals surface area contributed by atoms with E-state index in [1.165, 1.54) is 6.07 Å². The number of aryl methyl sites for hydroxylation is 1. The van der Waals surface area contributed by atoms with Crippen LogP contribution in [0.15, 0.2) is 48.8 Å². The SMILES string of the molecule is Cc1cc(NC(=O)C(N)c2ccc(Cl)cc2)c(F)cc1-c1cn[nH]c1. The summed E-state index contributed by atoms with van der Waals surface area (Å²) in [7, 11) is 0. The van der Waals surface area contributed by atoms with Crippen molar-refractivity contribution >= 4 is 23.2 Å². The van der Waals surface area contributed by atoms with Crippen LogP contribution in [-0.4, -0.2) is 16.1 Å². The molecule has 128 valence electrons. The molecule has 0 radical (unpaired) electrons. The van der Waals surface area contributed by atoms with Crippen LogP contribution in [0.4, 0.5) is 10.1 Å². The van der Waals surface area contributed by atoms with Crippen molar-refractivity contribution in [1.29, 1.82) is 0 Å². The number of nitrogens with two attached hydrogens (primary N) is 1. The number of halogens is 2. The smallest absolute Gasteiger partial charge is 0.245 e. The van der Waals surface area contributed by atoms with E-state index in [9.17, 15) is 9.18 Å². The van der Waals surface area contributed by atoms with Crippen LogP contribution in [0.3, 0.4) is 0 Å². The van der Waals surface area contributed by atoms with Gasteiger partial charge in [0, 0.05) is 16.8 Å². The van der Waals surface area contributed by atoms with Gasteiger partial charge in [0.1, 0.15) is 11.9 Å². The second-order valence-electron chi connectivity index (χ2n) is 5.65. The topological polar surface area (TPSA) is 83.8 Å². The zero-order valence-corrected chi connectivity index (χ0v) is 14.1. The van der Waals surface area contributed by atoms with E-state index in [1.54, 1.807) is 42.7 Å². The van der Waals surface area contributed by atoms with Gasteiger partial charge in [-0.2, -0.15) is 5.10 Å². The van der Waals surface area contributed by atoms with Gasteiger partial charge in [-0.25, -0.2) is 4.39 Å². The molecule has 0 spiro atoms. The van der Waals surface area contributed by atoms with Crippen LogP contribution in [0.2, 0.25) is 5.02 Å². The minimum absolute atomic E-state index is 0.0826. The predicted molar refractivity (Wildman–Crippen MR) is 95.7 cm³/mol. The lowest BCUT2D eigenvalue weighted by Crippen LogP contribution is -2.28. The first kappa shape index (κ1) is 17.1. The molecule has 5 nitrogen and oxygen atoms in total. The highest BCUT2D eigenvalue weighted by atomic mass is 35.5. The van der Waals surface area contributed by atoms with Gasteiger partial charge >= 0.3 is 0 Å². The molecular weight excluding hydrogens is 343 g/mol. The Balaban J connectivity index is 1.81. The van der Waals surface area contributed by atoms with Crippen molar-refractivity contribution in [2.75, 3.05) is 5.32 Å². The van der Waals surface area contributed by atoms with Crippen molar-refractivity contribution in [3.63, 3.8) is 0 Å². The normalized spacial score (nSPS) is 12.0. The Morgan fingerprint density at radius 3 is 2.68 bits per heavy atom. The lowest BCUT2D eigenvalue weighted by Gasteiger charge is -2.15. The third-order valence-corrected chi connectivity index (χ3v) is 4.14. The molecule has 1 heterocycles. The number of nitrogens with one attached hydrogen (secondary N) is 2. The molecule has 25 heavy (non-hydrogen) atoms. The summed E-state index contributed by atoms with van der Waals surface area (Å²) in [6.07, 6.45) is 3.28. The van der Waals surface area contributed by atoms with Crippen molar-refractivity contribution < 1.29 is 9.18 Å². The maximum absolute atomic E-state index is 14.4. The second-order valence-corrected chi connectivity index (χ2v) is 6.09. The molecule has 1 amide bonds. The van der Waals surface area contributed by atoms with Gasteiger partial charge in [-0.3, -0.25) is 9.89 Å². The zero-order valence-electron chi connectivity index (χ0n) is 13.4. The first-order chi connectivity index (χ1) is 12.0. The highest BCUT2D eigenvalue weighted by Crippen LogP contribution is 2.28. The lowest BCUT2D eigenvalue weighted by molar-refractivity contribution is -0.117. The molecule has 3 rings (SSSR count). The molecule has 1 aromatic heterocycles. The molecule has 0 aliphatic rings. The number of hydrogen-bond donors (Lipinski definition) is 3. The number of carbonyl (C=O) groups excluding carboxylic acids is 1. The highest BCUT2D eigenvalue weighted by Gasteiger charge is 2.18. The van der Waals surface area contributed by atoms with Crippen molar-refractivity contribution in [3.8, 4) is 11.1 Å². The Morgan fingerprint density at radius 1 is 1.32 bits per heavy atom. The first-order valence-electron chi connectivity index (χ1n) is 7.57. The Hall–Kier alpha value is -2.70. The fraction of sp³-hybridized carbons (Fsp3) is 0.111. The van der Waals surface area contributed by atoms with E-state index in [2.05, 4.69) is 15.5 Å². The van der Waals surface area contributed by atoms with Gasteiger partial charge in [-0.1, -0.05) is 23.7 Å². The van der Waals surface area contributed by atoms with Crippen LogP contribution in [0, 0.1) is 12.7 Å². The molecule has 4 N–H and O–H groups in total. The summed E-state index contributed by atoms with van der Waals surface area (Å²) in [5.41, 5.74) is 8.89. The van der Waals surface area contributed by atoms with Crippen LogP contribution in [-0.2, 0) is 4.79 Å². The highest BCUT2D eigenvalue weighted by molar-refractivity contribution is 6.30. The molecule has 0 saturated heterocycles. The average molecular weight is 359 g/mol. The van der Waals surface area contributed by atoms with Gasteiger partial charge in [0.2, 0.25) is 5.91 Å². The molecule has 7 heteroatoms. The number of aromatic nitrogens is 2. The van der Waals surface area contributed by atoms with Crippen LogP contribution in [0.5, 0.6) is 0 Å². The van der Waals surface area contributed by atoms with Crippen LogP contribution < -0.4 is 11.1 Å². The fourth-order valence-electron chi connectivity index (χ4n) is 2.52. The Kier molecular flexibility index (Phi) is 4.83. The van der Waals surface area contributed by atoms with Gasteiger partial charge < -0.3 is 11.1 Å². The number of hydrogen-bond acceptors (Lipinski definition) is 3. The van der Waals surface area contributed by atoms with Crippen LogP contribution >= 0.6 is 11.6 Å². The quantitative estimate of drug-likeness (QED) is 0.663. The minimum Gasteiger partial charge on any atom is -0.322 e. The maximum atomic E-state index is 14.4. The lowest BCUT2D eigenvalue weighted by atomic mass is 10.0. The molecule has 1 unspecified atom stereocenters. The summed E-state index contributed by atoms with van der Waals surface area (Å²) in [6, 6.07) is 8.63. The van der Waals surface area contributed by atoms with E-state index in [4.69, 9.17) is 17.3 Å². The summed E-state index contributed by atoms with van der Waals surface area (Å²) in [5, 5.41) is 9.64. The van der Waals surface area contributed by atoms with Gasteiger partial charge in [-0.05, 0) is 47.9 Å². The van der Waals surface area contributed by atoms with Gasteiger partial charge in [0.25, 0.3) is 0 Å². The van der Waals surface area contributed by atoms with E-state index in [-0.39, 0.29) is 5.69 Å². The second kappa shape index (κ2) is 7.04. The van der Waals surface area contributed by atoms with Crippen LogP contribution in [0.25, 0.3) is 11.1 Å². The largest absolute Gasteiger partial charge is 0.322 e. The van der Waals surface area contributed by atoms with Crippen molar-refractivity contribution in [1.82, 2.24) is 10.2 Å². The van der Waals surface area contributed by atoms with E-state index >= 15 is 0 Å². The Bertz CT molecular complexity index is 894. The summed E-state index contributed by atoms with van der Waals surface area (Å²) in [5.74, 6) is -1.05. The summed E-state index contributed by atoms with van der Waals surface area (Å²) >= 11 is 5.82. The number of carbonyl (C=O) groups is 1. The van der Waals surface area contributed by atoms with E-state index in [0.29, 0.717) is 16.1 Å². The monoisotopic (exact) mass is 358 g/mol. The number of H-pyrrole nitrogens is 1. The number of amides is 1. The van der Waals surface area contributed by atoms with Gasteiger partial charge in [0.15, 0.2) is 0 Å². The third-order valence-electron chi connectivity index (χ3n) is 3.89. The van der Waals surface area contributed by atoms with Gasteiger partial charge in [-0.15, -0.1) is 0 Å². The molecular formula is C18H16ClFN4O. The molecule has 2 aromatic carbocycles. The number of rotatable bonds is 4. The van der Waals surface area contributed by atoms with E-state index in [0.717, 1.165) is 11.1 Å². The van der Waals surface area contributed by atoms with Crippen molar-refractivity contribution in [3.05, 3.63) is 70.8 Å². The number of anilines is 1.